The van der Waals surface area contributed by atoms with E-state index in [-0.39, 0.29) is 11.8 Å². The number of ether oxygens (including phenoxy) is 1. The summed E-state index contributed by atoms with van der Waals surface area (Å²) in [5.41, 5.74) is 0. The maximum Gasteiger partial charge on any atom is 0.224 e. The summed E-state index contributed by atoms with van der Waals surface area (Å²) in [5.74, 6) is 0.397. The van der Waals surface area contributed by atoms with Crippen molar-refractivity contribution >= 4 is 5.91 Å². The first-order valence-corrected chi connectivity index (χ1v) is 6.28. The molecule has 4 nitrogen and oxygen atoms in total. The number of nitrogens with one attached hydrogen (secondary N) is 1. The summed E-state index contributed by atoms with van der Waals surface area (Å²) in [5, 5.41) is 2.99. The molecule has 1 amide bonds. The van der Waals surface area contributed by atoms with Crippen molar-refractivity contribution in [3.05, 3.63) is 0 Å². The molecule has 0 unspecified atom stereocenters. The third kappa shape index (κ3) is 4.94. The van der Waals surface area contributed by atoms with Crippen LogP contribution < -0.4 is 5.32 Å². The third-order valence-corrected chi connectivity index (χ3v) is 2.96. The Hall–Kier alpha value is -0.610. The van der Waals surface area contributed by atoms with Gasteiger partial charge in [-0.25, -0.2) is 0 Å². The van der Waals surface area contributed by atoms with E-state index < -0.39 is 0 Å². The summed E-state index contributed by atoms with van der Waals surface area (Å²) < 4.78 is 5.22. The van der Waals surface area contributed by atoms with Gasteiger partial charge in [0.25, 0.3) is 0 Å². The van der Waals surface area contributed by atoms with Crippen LogP contribution in [0.3, 0.4) is 0 Å². The van der Waals surface area contributed by atoms with Crippen LogP contribution in [0.2, 0.25) is 0 Å². The molecule has 1 rings (SSSR count). The lowest BCUT2D eigenvalue weighted by atomic mass is 9.97. The molecular formula is C12H24N2O2. The second-order valence-electron chi connectivity index (χ2n) is 4.44. The summed E-state index contributed by atoms with van der Waals surface area (Å²) in [6, 6.07) is 0. The van der Waals surface area contributed by atoms with Gasteiger partial charge in [-0.3, -0.25) is 4.79 Å². The largest absolute Gasteiger partial charge is 0.382 e. The van der Waals surface area contributed by atoms with Crippen LogP contribution >= 0.6 is 0 Å². The highest BCUT2D eigenvalue weighted by atomic mass is 16.5. The summed E-state index contributed by atoms with van der Waals surface area (Å²) >= 11 is 0. The Morgan fingerprint density at radius 3 is 3.06 bits per heavy atom. The monoisotopic (exact) mass is 228 g/mol. The molecule has 0 radical (unpaired) electrons. The quantitative estimate of drug-likeness (QED) is 0.686. The number of amides is 1. The maximum absolute atomic E-state index is 11.8. The fraction of sp³-hybridized carbons (Fsp3) is 0.917. The minimum Gasteiger partial charge on any atom is -0.382 e. The van der Waals surface area contributed by atoms with Crippen LogP contribution in [0.25, 0.3) is 0 Å². The molecule has 0 aliphatic carbocycles. The molecule has 1 aliphatic rings. The molecule has 0 bridgehead atoms. The van der Waals surface area contributed by atoms with Gasteiger partial charge in [-0.1, -0.05) is 0 Å². The van der Waals surface area contributed by atoms with Crippen LogP contribution in [0.15, 0.2) is 0 Å². The molecule has 16 heavy (non-hydrogen) atoms. The van der Waals surface area contributed by atoms with Gasteiger partial charge in [-0.15, -0.1) is 0 Å². The average Bonchev–Trinajstić information content (AvgIpc) is 2.28. The number of piperidine rings is 1. The van der Waals surface area contributed by atoms with E-state index in [9.17, 15) is 4.79 Å². The van der Waals surface area contributed by atoms with Crippen LogP contribution in [0.1, 0.15) is 26.2 Å². The van der Waals surface area contributed by atoms with Crippen LogP contribution in [-0.4, -0.2) is 50.7 Å². The van der Waals surface area contributed by atoms with E-state index in [0.717, 1.165) is 52.1 Å². The summed E-state index contributed by atoms with van der Waals surface area (Å²) in [4.78, 5) is 14.0. The SMILES string of the molecule is CCOCCCNC(=O)[C@@H]1CCCN(C)C1. The molecule has 1 atom stereocenters. The third-order valence-electron chi connectivity index (χ3n) is 2.96. The number of nitrogens with zero attached hydrogens (tertiary/aromatic N) is 1. The number of hydrogen-bond acceptors (Lipinski definition) is 3. The van der Waals surface area contributed by atoms with Crippen molar-refractivity contribution in [2.45, 2.75) is 26.2 Å². The van der Waals surface area contributed by atoms with Gasteiger partial charge in [0.1, 0.15) is 0 Å². The van der Waals surface area contributed by atoms with Gasteiger partial charge in [0.05, 0.1) is 5.92 Å². The van der Waals surface area contributed by atoms with Gasteiger partial charge < -0.3 is 15.0 Å². The first kappa shape index (κ1) is 13.5. The van der Waals surface area contributed by atoms with Crippen LogP contribution in [0, 0.1) is 5.92 Å². The highest BCUT2D eigenvalue weighted by Crippen LogP contribution is 2.14. The molecule has 1 heterocycles. The highest BCUT2D eigenvalue weighted by molar-refractivity contribution is 5.78. The summed E-state index contributed by atoms with van der Waals surface area (Å²) in [7, 11) is 2.08. The molecule has 0 spiro atoms. The van der Waals surface area contributed by atoms with E-state index in [2.05, 4.69) is 17.3 Å². The lowest BCUT2D eigenvalue weighted by Crippen LogP contribution is -2.41. The molecule has 0 aromatic carbocycles. The van der Waals surface area contributed by atoms with E-state index in [4.69, 9.17) is 4.74 Å². The Morgan fingerprint density at radius 2 is 2.38 bits per heavy atom. The molecule has 4 heteroatoms. The Kier molecular flexibility index (Phi) is 6.42. The predicted molar refractivity (Wildman–Crippen MR) is 64.3 cm³/mol. The fourth-order valence-electron chi connectivity index (χ4n) is 2.05. The van der Waals surface area contributed by atoms with E-state index >= 15 is 0 Å². The van der Waals surface area contributed by atoms with Crippen molar-refractivity contribution in [2.24, 2.45) is 5.92 Å². The van der Waals surface area contributed by atoms with E-state index in [1.165, 1.54) is 0 Å². The molecule has 1 N–H and O–H groups in total. The van der Waals surface area contributed by atoms with Crippen molar-refractivity contribution in [3.8, 4) is 0 Å². The average molecular weight is 228 g/mol. The minimum atomic E-state index is 0.186. The van der Waals surface area contributed by atoms with E-state index in [1.807, 2.05) is 6.92 Å². The molecule has 1 fully saturated rings. The van der Waals surface area contributed by atoms with Gasteiger partial charge in [0.2, 0.25) is 5.91 Å². The van der Waals surface area contributed by atoms with E-state index in [1.54, 1.807) is 0 Å². The van der Waals surface area contributed by atoms with Crippen molar-refractivity contribution in [1.82, 2.24) is 10.2 Å². The van der Waals surface area contributed by atoms with Crippen molar-refractivity contribution in [3.63, 3.8) is 0 Å². The molecule has 0 aromatic rings. The lowest BCUT2D eigenvalue weighted by Gasteiger charge is -2.28. The molecule has 0 saturated carbocycles. The highest BCUT2D eigenvalue weighted by Gasteiger charge is 2.23. The van der Waals surface area contributed by atoms with Crippen molar-refractivity contribution in [1.29, 1.82) is 0 Å². The van der Waals surface area contributed by atoms with E-state index in [0.29, 0.717) is 0 Å². The zero-order chi connectivity index (χ0) is 11.8. The van der Waals surface area contributed by atoms with Gasteiger partial charge in [0.15, 0.2) is 0 Å². The first-order chi connectivity index (χ1) is 7.74. The first-order valence-electron chi connectivity index (χ1n) is 6.28. The molecule has 1 aliphatic heterocycles. The predicted octanol–water partition coefficient (Wildman–Crippen LogP) is 0.871. The summed E-state index contributed by atoms with van der Waals surface area (Å²) in [6.45, 7) is 6.23. The second kappa shape index (κ2) is 7.63. The number of carbonyl (C=O) groups is 1. The van der Waals surface area contributed by atoms with Gasteiger partial charge in [0, 0.05) is 26.3 Å². The van der Waals surface area contributed by atoms with Crippen LogP contribution in [-0.2, 0) is 9.53 Å². The number of carbonyl (C=O) groups excluding carboxylic acids is 1. The minimum absolute atomic E-state index is 0.186. The number of likely N-dealkylation sites (tertiary alicyclic amines) is 1. The van der Waals surface area contributed by atoms with Gasteiger partial charge in [-0.2, -0.15) is 0 Å². The van der Waals surface area contributed by atoms with Crippen LogP contribution in [0.4, 0.5) is 0 Å². The Morgan fingerprint density at radius 1 is 1.56 bits per heavy atom. The number of hydrogen-bond donors (Lipinski definition) is 1. The van der Waals surface area contributed by atoms with Crippen LogP contribution in [0.5, 0.6) is 0 Å². The van der Waals surface area contributed by atoms with Gasteiger partial charge >= 0.3 is 0 Å². The Bertz CT molecular complexity index is 209. The van der Waals surface area contributed by atoms with Gasteiger partial charge in [-0.05, 0) is 39.8 Å². The van der Waals surface area contributed by atoms with Crippen molar-refractivity contribution < 1.29 is 9.53 Å². The maximum atomic E-state index is 11.8. The second-order valence-corrected chi connectivity index (χ2v) is 4.44. The lowest BCUT2D eigenvalue weighted by molar-refractivity contribution is -0.126. The fourth-order valence-corrected chi connectivity index (χ4v) is 2.05. The Labute approximate surface area is 98.3 Å². The zero-order valence-electron chi connectivity index (χ0n) is 10.5. The zero-order valence-corrected chi connectivity index (χ0v) is 10.5. The smallest absolute Gasteiger partial charge is 0.224 e. The number of rotatable bonds is 6. The molecule has 94 valence electrons. The topological polar surface area (TPSA) is 41.6 Å². The molecule has 0 aromatic heterocycles. The van der Waals surface area contributed by atoms with Crippen molar-refractivity contribution in [2.75, 3.05) is 39.9 Å². The summed E-state index contributed by atoms with van der Waals surface area (Å²) in [6.07, 6.45) is 3.07. The Balaban J connectivity index is 2.09. The molecule has 1 saturated heterocycles. The molecular weight excluding hydrogens is 204 g/mol. The normalized spacial score (nSPS) is 22.0. The standard InChI is InChI=1S/C12H24N2O2/c1-3-16-9-5-7-13-12(15)11-6-4-8-14(2)10-11/h11H,3-10H2,1-2H3,(H,13,15)/t11-/m1/s1.